The Morgan fingerprint density at radius 2 is 1.90 bits per heavy atom. The molecule has 1 fully saturated rings. The summed E-state index contributed by atoms with van der Waals surface area (Å²) in [5, 5.41) is 3.21. The normalized spacial score (nSPS) is 20.2. The molecule has 1 heterocycles. The number of piperidine rings is 1. The second-order valence-electron chi connectivity index (χ2n) is 6.08. The highest BCUT2D eigenvalue weighted by molar-refractivity contribution is 5.23. The summed E-state index contributed by atoms with van der Waals surface area (Å²) < 4.78 is 0. The van der Waals surface area contributed by atoms with Crippen LogP contribution in [0.25, 0.3) is 0 Å². The molecule has 0 amide bonds. The number of likely N-dealkylation sites (tertiary alicyclic amines) is 1. The number of benzene rings is 1. The van der Waals surface area contributed by atoms with E-state index in [-0.39, 0.29) is 0 Å². The number of hydrogen-bond acceptors (Lipinski definition) is 2. The first kappa shape index (κ1) is 15.5. The van der Waals surface area contributed by atoms with Crippen molar-refractivity contribution < 1.29 is 0 Å². The predicted molar refractivity (Wildman–Crippen MR) is 87.0 cm³/mol. The van der Waals surface area contributed by atoms with Crippen molar-refractivity contribution in [1.29, 1.82) is 0 Å². The zero-order valence-electron chi connectivity index (χ0n) is 13.2. The number of likely N-dealkylation sites (N-methyl/N-ethyl adjacent to an activating group) is 1. The van der Waals surface area contributed by atoms with E-state index in [0.29, 0.717) is 0 Å². The summed E-state index contributed by atoms with van der Waals surface area (Å²) in [6.07, 6.45) is 7.99. The molecule has 20 heavy (non-hydrogen) atoms. The van der Waals surface area contributed by atoms with Crippen molar-refractivity contribution in [3.63, 3.8) is 0 Å². The van der Waals surface area contributed by atoms with Crippen LogP contribution >= 0.6 is 0 Å². The highest BCUT2D eigenvalue weighted by Gasteiger charge is 2.21. The summed E-state index contributed by atoms with van der Waals surface area (Å²) >= 11 is 0. The van der Waals surface area contributed by atoms with Gasteiger partial charge in [0.05, 0.1) is 0 Å². The third kappa shape index (κ3) is 4.60. The summed E-state index contributed by atoms with van der Waals surface area (Å²) in [5.41, 5.74) is 2.91. The molecule has 112 valence electrons. The molecule has 1 aliphatic heterocycles. The van der Waals surface area contributed by atoms with E-state index in [2.05, 4.69) is 41.4 Å². The molecule has 0 aromatic heterocycles. The molecule has 2 heteroatoms. The van der Waals surface area contributed by atoms with E-state index in [4.69, 9.17) is 0 Å². The van der Waals surface area contributed by atoms with E-state index in [1.165, 1.54) is 49.8 Å². The van der Waals surface area contributed by atoms with Crippen LogP contribution in [0.4, 0.5) is 0 Å². The summed E-state index contributed by atoms with van der Waals surface area (Å²) in [4.78, 5) is 2.70. The van der Waals surface area contributed by atoms with E-state index in [9.17, 15) is 0 Å². The monoisotopic (exact) mass is 274 g/mol. The third-order valence-corrected chi connectivity index (χ3v) is 4.44. The molecule has 0 saturated carbocycles. The van der Waals surface area contributed by atoms with E-state index in [1.807, 2.05) is 7.05 Å². The summed E-state index contributed by atoms with van der Waals surface area (Å²) in [6, 6.07) is 10.1. The minimum Gasteiger partial charge on any atom is -0.319 e. The predicted octanol–water partition coefficient (Wildman–Crippen LogP) is 3.60. The van der Waals surface area contributed by atoms with Crippen LogP contribution < -0.4 is 5.32 Å². The number of nitrogens with one attached hydrogen (secondary N) is 1. The van der Waals surface area contributed by atoms with Crippen LogP contribution in [0.2, 0.25) is 0 Å². The van der Waals surface area contributed by atoms with Gasteiger partial charge in [-0.3, -0.25) is 4.90 Å². The first-order valence-electron chi connectivity index (χ1n) is 8.30. The van der Waals surface area contributed by atoms with Crippen LogP contribution in [0.3, 0.4) is 0 Å². The molecule has 1 saturated heterocycles. The first-order chi connectivity index (χ1) is 9.83. The first-order valence-corrected chi connectivity index (χ1v) is 8.30. The molecule has 1 aromatic carbocycles. The smallest absolute Gasteiger partial charge is 0.0236 e. The maximum Gasteiger partial charge on any atom is 0.0236 e. The Morgan fingerprint density at radius 1 is 1.15 bits per heavy atom. The maximum atomic E-state index is 3.21. The molecule has 1 atom stereocenters. The topological polar surface area (TPSA) is 15.3 Å². The number of hydrogen-bond donors (Lipinski definition) is 1. The van der Waals surface area contributed by atoms with Gasteiger partial charge < -0.3 is 5.32 Å². The maximum absolute atomic E-state index is 3.21. The zero-order valence-corrected chi connectivity index (χ0v) is 13.2. The molecule has 1 aromatic rings. The third-order valence-electron chi connectivity index (χ3n) is 4.44. The Kier molecular flexibility index (Phi) is 6.55. The van der Waals surface area contributed by atoms with E-state index in [0.717, 1.165) is 25.6 Å². The van der Waals surface area contributed by atoms with Crippen LogP contribution in [-0.2, 0) is 13.0 Å². The molecule has 1 N–H and O–H groups in total. The van der Waals surface area contributed by atoms with Crippen molar-refractivity contribution in [3.8, 4) is 0 Å². The lowest BCUT2D eigenvalue weighted by atomic mass is 9.97. The minimum atomic E-state index is 0.817. The SMILES string of the molecule is CCCC1CCCCN1Cc1ccc(CCNC)cc1. The molecule has 2 rings (SSSR count). The molecule has 0 radical (unpaired) electrons. The van der Waals surface area contributed by atoms with E-state index < -0.39 is 0 Å². The van der Waals surface area contributed by atoms with Crippen molar-refractivity contribution in [1.82, 2.24) is 10.2 Å². The van der Waals surface area contributed by atoms with Gasteiger partial charge in [-0.2, -0.15) is 0 Å². The van der Waals surface area contributed by atoms with E-state index >= 15 is 0 Å². The van der Waals surface area contributed by atoms with Gasteiger partial charge in [-0.1, -0.05) is 44.0 Å². The summed E-state index contributed by atoms with van der Waals surface area (Å²) in [5.74, 6) is 0. The Morgan fingerprint density at radius 3 is 2.60 bits per heavy atom. The lowest BCUT2D eigenvalue weighted by Gasteiger charge is -2.35. The highest BCUT2D eigenvalue weighted by atomic mass is 15.2. The van der Waals surface area contributed by atoms with Crippen molar-refractivity contribution in [3.05, 3.63) is 35.4 Å². The van der Waals surface area contributed by atoms with Gasteiger partial charge >= 0.3 is 0 Å². The van der Waals surface area contributed by atoms with Crippen LogP contribution in [0.1, 0.15) is 50.2 Å². The van der Waals surface area contributed by atoms with Gasteiger partial charge in [0.15, 0.2) is 0 Å². The van der Waals surface area contributed by atoms with Crippen LogP contribution in [0.15, 0.2) is 24.3 Å². The quantitative estimate of drug-likeness (QED) is 0.817. The average molecular weight is 274 g/mol. The fourth-order valence-corrected chi connectivity index (χ4v) is 3.24. The van der Waals surface area contributed by atoms with Crippen molar-refractivity contribution in [2.24, 2.45) is 0 Å². The van der Waals surface area contributed by atoms with Crippen LogP contribution in [0, 0.1) is 0 Å². The Balaban J connectivity index is 1.90. The van der Waals surface area contributed by atoms with Gasteiger partial charge in [-0.15, -0.1) is 0 Å². The molecule has 0 bridgehead atoms. The van der Waals surface area contributed by atoms with Gasteiger partial charge in [-0.05, 0) is 56.9 Å². The zero-order chi connectivity index (χ0) is 14.2. The van der Waals surface area contributed by atoms with Crippen LogP contribution in [-0.4, -0.2) is 31.1 Å². The molecule has 1 unspecified atom stereocenters. The van der Waals surface area contributed by atoms with Gasteiger partial charge in [0.2, 0.25) is 0 Å². The van der Waals surface area contributed by atoms with Gasteiger partial charge in [-0.25, -0.2) is 0 Å². The minimum absolute atomic E-state index is 0.817. The molecule has 2 nitrogen and oxygen atoms in total. The van der Waals surface area contributed by atoms with Crippen molar-refractivity contribution in [2.45, 2.75) is 58.0 Å². The second-order valence-corrected chi connectivity index (χ2v) is 6.08. The van der Waals surface area contributed by atoms with Crippen LogP contribution in [0.5, 0.6) is 0 Å². The highest BCUT2D eigenvalue weighted by Crippen LogP contribution is 2.23. The van der Waals surface area contributed by atoms with Crippen molar-refractivity contribution >= 4 is 0 Å². The Hall–Kier alpha value is -0.860. The molecular formula is C18H30N2. The van der Waals surface area contributed by atoms with Gasteiger partial charge in [0.1, 0.15) is 0 Å². The number of rotatable bonds is 7. The molecule has 0 spiro atoms. The second kappa shape index (κ2) is 8.43. The lowest BCUT2D eigenvalue weighted by Crippen LogP contribution is -2.38. The lowest BCUT2D eigenvalue weighted by molar-refractivity contribution is 0.131. The fraction of sp³-hybridized carbons (Fsp3) is 0.667. The Bertz CT molecular complexity index is 370. The summed E-state index contributed by atoms with van der Waals surface area (Å²) in [7, 11) is 2.01. The Labute approximate surface area is 124 Å². The van der Waals surface area contributed by atoms with Gasteiger partial charge in [0.25, 0.3) is 0 Å². The molecule has 1 aliphatic rings. The summed E-state index contributed by atoms with van der Waals surface area (Å²) in [6.45, 7) is 5.79. The molecular weight excluding hydrogens is 244 g/mol. The fourth-order valence-electron chi connectivity index (χ4n) is 3.24. The molecule has 0 aliphatic carbocycles. The standard InChI is InChI=1S/C18H30N2/c1-3-6-18-7-4-5-14-20(18)15-17-10-8-16(9-11-17)12-13-19-2/h8-11,18-19H,3-7,12-15H2,1-2H3. The number of nitrogens with zero attached hydrogens (tertiary/aromatic N) is 1. The van der Waals surface area contributed by atoms with Gasteiger partial charge in [0, 0.05) is 12.6 Å². The van der Waals surface area contributed by atoms with Crippen molar-refractivity contribution in [2.75, 3.05) is 20.1 Å². The van der Waals surface area contributed by atoms with E-state index in [1.54, 1.807) is 0 Å². The average Bonchev–Trinajstić information content (AvgIpc) is 2.49. The largest absolute Gasteiger partial charge is 0.319 e.